The van der Waals surface area contributed by atoms with E-state index in [9.17, 15) is 39.6 Å². The molecule has 0 aromatic heterocycles. The summed E-state index contributed by atoms with van der Waals surface area (Å²) in [6.45, 7) is 14.7. The van der Waals surface area contributed by atoms with Gasteiger partial charge >= 0.3 is 23.9 Å². The zero-order valence-corrected chi connectivity index (χ0v) is 44.7. The maximum Gasteiger partial charge on any atom is 0.330 e. The number of rotatable bonds is 27. The van der Waals surface area contributed by atoms with Crippen LogP contribution in [-0.2, 0) is 75.0 Å². The Morgan fingerprint density at radius 1 is 0.350 bits per heavy atom. The summed E-state index contributed by atoms with van der Waals surface area (Å²) in [5.74, 6) is -1.94. The Hall–Kier alpha value is -8.52. The average molecular weight is 1080 g/mol. The Labute approximate surface area is 465 Å². The van der Waals surface area contributed by atoms with Crippen LogP contribution in [0.25, 0.3) is 43.1 Å². The van der Waals surface area contributed by atoms with Crippen molar-refractivity contribution in [3.8, 4) is 0 Å². The minimum atomic E-state index is -2.37. The van der Waals surface area contributed by atoms with Crippen LogP contribution in [0.5, 0.6) is 0 Å². The summed E-state index contributed by atoms with van der Waals surface area (Å²) >= 11 is 0. The number of benzene rings is 8. The van der Waals surface area contributed by atoms with Crippen molar-refractivity contribution in [2.24, 2.45) is 0 Å². The number of fused-ring (bicyclic) bond motifs is 4. The van der Waals surface area contributed by atoms with Crippen LogP contribution >= 0.6 is 0 Å². The molecule has 0 radical (unpaired) electrons. The first-order valence-electron chi connectivity index (χ1n) is 26.8. The molecule has 0 aliphatic rings. The predicted molar refractivity (Wildman–Crippen MR) is 312 cm³/mol. The average Bonchev–Trinajstić information content (AvgIpc) is 3.49. The van der Waals surface area contributed by atoms with Gasteiger partial charge in [0.05, 0.1) is 26.4 Å². The largest absolute Gasteiger partial charge is 0.463 e. The van der Waals surface area contributed by atoms with Gasteiger partial charge in [0.25, 0.3) is 0 Å². The molecule has 2 unspecified atom stereocenters. The predicted octanol–water partition coefficient (Wildman–Crippen LogP) is 10.8. The lowest BCUT2D eigenvalue weighted by Crippen LogP contribution is -2.56. The lowest BCUT2D eigenvalue weighted by atomic mass is 9.71. The number of hydrogen-bond acceptors (Lipinski definition) is 12. The number of esters is 4. The van der Waals surface area contributed by atoms with E-state index < -0.39 is 47.3 Å². The molecule has 8 aromatic rings. The number of ether oxygens (including phenoxy) is 4. The summed E-state index contributed by atoms with van der Waals surface area (Å²) in [6, 6.07) is 44.9. The Bertz CT molecular complexity index is 3150. The van der Waals surface area contributed by atoms with E-state index >= 15 is 0 Å². The van der Waals surface area contributed by atoms with Crippen LogP contribution in [0.1, 0.15) is 70.2 Å². The summed E-state index contributed by atoms with van der Waals surface area (Å²) in [5, 5.41) is 60.1. The normalized spacial score (nSPS) is 12.4. The van der Waals surface area contributed by atoms with E-state index in [0.717, 1.165) is 89.6 Å². The van der Waals surface area contributed by atoms with Gasteiger partial charge in [0.15, 0.2) is 0 Å². The molecule has 0 bridgehead atoms. The fourth-order valence-corrected chi connectivity index (χ4v) is 10.3. The third-order valence-corrected chi connectivity index (χ3v) is 14.6. The van der Waals surface area contributed by atoms with Gasteiger partial charge in [-0.3, -0.25) is 0 Å². The molecule has 80 heavy (non-hydrogen) atoms. The number of carbonyl (C=O) groups is 4. The van der Waals surface area contributed by atoms with Crippen LogP contribution in [-0.4, -0.2) is 82.9 Å². The van der Waals surface area contributed by atoms with Crippen molar-refractivity contribution in [1.82, 2.24) is 0 Å². The molecule has 0 fully saturated rings. The molecule has 0 aliphatic carbocycles. The molecule has 12 nitrogen and oxygen atoms in total. The standard InChI is InChI=1S/C68H66O12/c1-5-61(69)77-33-9-13-45-17-21-53-41-57(29-25-49(53)37-45)67(75,58-30-26-50-38-46(18-22-54(50)42-58)14-10-34-78-62(70)6-2)65(73)66(74)68(76,59-31-27-51-39-47(19-23-55(51)43-59)15-11-35-79-63(71)7-3)60-32-28-52-40-48(20-24-56(52)44-60)16-12-36-80-64(72)8-4/h5-8,17-32,37-44,65-66,73-76H,1-4,9-16,33-36H2. The number of aryl methyl sites for hydroxylation is 4. The first-order valence-corrected chi connectivity index (χ1v) is 26.8. The van der Waals surface area contributed by atoms with Gasteiger partial charge in [0.1, 0.15) is 23.4 Å². The summed E-state index contributed by atoms with van der Waals surface area (Å²) in [5.41, 5.74) is 0.276. The van der Waals surface area contributed by atoms with Crippen LogP contribution in [0.15, 0.2) is 196 Å². The first-order chi connectivity index (χ1) is 38.7. The van der Waals surface area contributed by atoms with Crippen molar-refractivity contribution in [2.75, 3.05) is 26.4 Å². The number of aliphatic hydroxyl groups excluding tert-OH is 2. The van der Waals surface area contributed by atoms with E-state index in [1.54, 1.807) is 48.5 Å². The first kappa shape index (κ1) is 57.6. The van der Waals surface area contributed by atoms with Crippen LogP contribution in [0, 0.1) is 0 Å². The van der Waals surface area contributed by atoms with Crippen molar-refractivity contribution in [2.45, 2.75) is 74.8 Å². The molecular weight excluding hydrogens is 1010 g/mol. The van der Waals surface area contributed by atoms with E-state index in [1.165, 1.54) is 0 Å². The fourth-order valence-electron chi connectivity index (χ4n) is 10.3. The van der Waals surface area contributed by atoms with Gasteiger partial charge in [-0.1, -0.05) is 148 Å². The lowest BCUT2D eigenvalue weighted by molar-refractivity contribution is -0.166. The quantitative estimate of drug-likeness (QED) is 0.0166. The van der Waals surface area contributed by atoms with Gasteiger partial charge in [-0.25, -0.2) is 19.2 Å². The highest BCUT2D eigenvalue weighted by atomic mass is 16.5. The van der Waals surface area contributed by atoms with Crippen LogP contribution in [0.4, 0.5) is 0 Å². The molecule has 2 atom stereocenters. The molecule has 410 valence electrons. The summed E-state index contributed by atoms with van der Waals surface area (Å²) in [6.07, 6.45) is 5.22. The minimum Gasteiger partial charge on any atom is -0.463 e. The SMILES string of the molecule is C=CC(=O)OCCCc1ccc2cc(C(O)(c3ccc4cc(CCCOC(=O)C=C)ccc4c3)C(O)C(O)C(O)(c3ccc4cc(CCCOC(=O)C=C)ccc4c3)c3ccc4cc(CCCOC(=O)C=C)ccc4c3)ccc2c1. The molecule has 4 N–H and O–H groups in total. The van der Waals surface area contributed by atoms with E-state index in [4.69, 9.17) is 18.9 Å². The summed E-state index contributed by atoms with van der Waals surface area (Å²) in [7, 11) is 0. The van der Waals surface area contributed by atoms with Gasteiger partial charge in [-0.05, 0) is 163 Å². The zero-order valence-electron chi connectivity index (χ0n) is 44.7. The molecule has 0 spiro atoms. The second kappa shape index (κ2) is 26.4. The maximum atomic E-state index is 13.7. The number of carbonyl (C=O) groups excluding carboxylic acids is 4. The zero-order chi connectivity index (χ0) is 56.8. The van der Waals surface area contributed by atoms with E-state index in [0.29, 0.717) is 51.4 Å². The molecule has 0 heterocycles. The molecule has 12 heteroatoms. The van der Waals surface area contributed by atoms with E-state index in [2.05, 4.69) is 26.3 Å². The van der Waals surface area contributed by atoms with Gasteiger partial charge in [-0.2, -0.15) is 0 Å². The maximum absolute atomic E-state index is 13.7. The highest BCUT2D eigenvalue weighted by molar-refractivity contribution is 5.88. The molecular formula is C68H66O12. The molecule has 0 aliphatic heterocycles. The highest BCUT2D eigenvalue weighted by Gasteiger charge is 2.52. The van der Waals surface area contributed by atoms with E-state index in [1.807, 2.05) is 97.1 Å². The fraction of sp³-hybridized carbons (Fsp3) is 0.235. The Kier molecular flexibility index (Phi) is 19.0. The number of hydrogen-bond donors (Lipinski definition) is 4. The second-order valence-electron chi connectivity index (χ2n) is 19.9. The van der Waals surface area contributed by atoms with Crippen molar-refractivity contribution < 1.29 is 58.6 Å². The van der Waals surface area contributed by atoms with Crippen LogP contribution in [0.2, 0.25) is 0 Å². The number of aliphatic hydroxyl groups is 4. The molecule has 8 rings (SSSR count). The van der Waals surface area contributed by atoms with Crippen molar-refractivity contribution in [1.29, 1.82) is 0 Å². The van der Waals surface area contributed by atoms with Crippen molar-refractivity contribution >= 4 is 67.0 Å². The summed E-state index contributed by atoms with van der Waals surface area (Å²) in [4.78, 5) is 46.5. The van der Waals surface area contributed by atoms with Crippen LogP contribution in [0.3, 0.4) is 0 Å². The third kappa shape index (κ3) is 13.5. The molecule has 0 amide bonds. The smallest absolute Gasteiger partial charge is 0.330 e. The Balaban J connectivity index is 1.20. The van der Waals surface area contributed by atoms with Crippen LogP contribution < -0.4 is 0 Å². The Morgan fingerprint density at radius 2 is 0.550 bits per heavy atom. The molecule has 8 aromatic carbocycles. The monoisotopic (exact) mass is 1070 g/mol. The van der Waals surface area contributed by atoms with E-state index in [-0.39, 0.29) is 48.7 Å². The lowest BCUT2D eigenvalue weighted by Gasteiger charge is -2.43. The van der Waals surface area contributed by atoms with Crippen molar-refractivity contribution in [3.05, 3.63) is 241 Å². The molecule has 0 saturated heterocycles. The Morgan fingerprint density at radius 3 is 0.762 bits per heavy atom. The topological polar surface area (TPSA) is 186 Å². The van der Waals surface area contributed by atoms with Gasteiger partial charge < -0.3 is 39.4 Å². The highest BCUT2D eigenvalue weighted by Crippen LogP contribution is 2.45. The summed E-state index contributed by atoms with van der Waals surface area (Å²) < 4.78 is 20.7. The second-order valence-corrected chi connectivity index (χ2v) is 19.9. The van der Waals surface area contributed by atoms with Gasteiger partial charge in [-0.15, -0.1) is 0 Å². The molecule has 0 saturated carbocycles. The minimum absolute atomic E-state index is 0.234. The third-order valence-electron chi connectivity index (χ3n) is 14.6. The van der Waals surface area contributed by atoms with Crippen molar-refractivity contribution in [3.63, 3.8) is 0 Å². The van der Waals surface area contributed by atoms with Gasteiger partial charge in [0.2, 0.25) is 0 Å². The van der Waals surface area contributed by atoms with Gasteiger partial charge in [0, 0.05) is 24.3 Å².